The molecule has 1 heterocycles. The predicted molar refractivity (Wildman–Crippen MR) is 77.2 cm³/mol. The SMILES string of the molecule is COC(=O)C1(C(C)C)OC1(C)c1ccc(Br)cc1Cl. The van der Waals surface area contributed by atoms with E-state index in [-0.39, 0.29) is 11.9 Å². The monoisotopic (exact) mass is 346 g/mol. The number of epoxide rings is 1. The van der Waals surface area contributed by atoms with Gasteiger partial charge in [-0.2, -0.15) is 0 Å². The second-order valence-corrected chi connectivity index (χ2v) is 6.46. The summed E-state index contributed by atoms with van der Waals surface area (Å²) in [5.41, 5.74) is -0.901. The van der Waals surface area contributed by atoms with Gasteiger partial charge < -0.3 is 9.47 Å². The molecule has 19 heavy (non-hydrogen) atoms. The molecule has 1 aromatic carbocycles. The number of ether oxygens (including phenoxy) is 2. The van der Waals surface area contributed by atoms with Crippen LogP contribution < -0.4 is 0 Å². The van der Waals surface area contributed by atoms with Gasteiger partial charge in [0.05, 0.1) is 7.11 Å². The standard InChI is InChI=1S/C14H16BrClO3/c1-8(2)14(12(17)18-4)13(3,19-14)10-6-5-9(15)7-11(10)16/h5-8H,1-4H3. The van der Waals surface area contributed by atoms with Gasteiger partial charge in [-0.05, 0) is 25.0 Å². The van der Waals surface area contributed by atoms with E-state index in [4.69, 9.17) is 21.1 Å². The fourth-order valence-corrected chi connectivity index (χ4v) is 3.57. The van der Waals surface area contributed by atoms with E-state index in [1.165, 1.54) is 7.11 Å². The van der Waals surface area contributed by atoms with Crippen LogP contribution in [0.3, 0.4) is 0 Å². The summed E-state index contributed by atoms with van der Waals surface area (Å²) in [5.74, 6) is -0.367. The Kier molecular flexibility index (Phi) is 3.71. The summed E-state index contributed by atoms with van der Waals surface area (Å²) in [6.45, 7) is 5.75. The molecule has 1 saturated heterocycles. The highest BCUT2D eigenvalue weighted by Crippen LogP contribution is 2.61. The minimum Gasteiger partial charge on any atom is -0.467 e. The second kappa shape index (κ2) is 4.76. The quantitative estimate of drug-likeness (QED) is 0.614. The van der Waals surface area contributed by atoms with Crippen molar-refractivity contribution >= 4 is 33.5 Å². The molecule has 0 N–H and O–H groups in total. The van der Waals surface area contributed by atoms with Crippen LogP contribution in [-0.4, -0.2) is 18.7 Å². The number of carbonyl (C=O) groups is 1. The van der Waals surface area contributed by atoms with Crippen molar-refractivity contribution in [2.75, 3.05) is 7.11 Å². The first-order valence-electron chi connectivity index (χ1n) is 6.03. The highest BCUT2D eigenvalue weighted by Gasteiger charge is 2.75. The van der Waals surface area contributed by atoms with Crippen molar-refractivity contribution in [1.82, 2.24) is 0 Å². The molecule has 0 spiro atoms. The summed E-state index contributed by atoms with van der Waals surface area (Å²) in [5, 5.41) is 0.573. The Hall–Kier alpha value is -0.580. The van der Waals surface area contributed by atoms with Crippen LogP contribution in [-0.2, 0) is 19.9 Å². The zero-order valence-corrected chi connectivity index (χ0v) is 13.6. The molecule has 5 heteroatoms. The van der Waals surface area contributed by atoms with Gasteiger partial charge in [0.25, 0.3) is 0 Å². The van der Waals surface area contributed by atoms with Crippen molar-refractivity contribution in [2.45, 2.75) is 32.0 Å². The van der Waals surface area contributed by atoms with Gasteiger partial charge in [0.15, 0.2) is 0 Å². The van der Waals surface area contributed by atoms with Crippen LogP contribution in [0.1, 0.15) is 26.3 Å². The summed E-state index contributed by atoms with van der Waals surface area (Å²) in [4.78, 5) is 12.1. The normalized spacial score (nSPS) is 29.4. The maximum absolute atomic E-state index is 12.1. The molecule has 0 bridgehead atoms. The summed E-state index contributed by atoms with van der Waals surface area (Å²) in [6.07, 6.45) is 0. The van der Waals surface area contributed by atoms with Crippen LogP contribution in [0.5, 0.6) is 0 Å². The lowest BCUT2D eigenvalue weighted by Gasteiger charge is -2.19. The number of rotatable bonds is 3. The summed E-state index contributed by atoms with van der Waals surface area (Å²) < 4.78 is 11.6. The van der Waals surface area contributed by atoms with E-state index in [1.807, 2.05) is 32.9 Å². The van der Waals surface area contributed by atoms with E-state index >= 15 is 0 Å². The molecule has 3 nitrogen and oxygen atoms in total. The molecule has 2 unspecified atom stereocenters. The Morgan fingerprint density at radius 3 is 2.58 bits per heavy atom. The van der Waals surface area contributed by atoms with Gasteiger partial charge in [0.1, 0.15) is 5.60 Å². The largest absolute Gasteiger partial charge is 0.467 e. The fourth-order valence-electron chi connectivity index (χ4n) is 2.72. The van der Waals surface area contributed by atoms with Crippen LogP contribution in [0, 0.1) is 5.92 Å². The van der Waals surface area contributed by atoms with Crippen LogP contribution in [0.2, 0.25) is 5.02 Å². The third kappa shape index (κ3) is 2.01. The lowest BCUT2D eigenvalue weighted by Crippen LogP contribution is -2.37. The molecule has 2 atom stereocenters. The van der Waals surface area contributed by atoms with Crippen molar-refractivity contribution in [3.05, 3.63) is 33.3 Å². The fraction of sp³-hybridized carbons (Fsp3) is 0.500. The number of carbonyl (C=O) groups excluding carboxylic acids is 1. The van der Waals surface area contributed by atoms with Crippen molar-refractivity contribution in [3.63, 3.8) is 0 Å². The van der Waals surface area contributed by atoms with E-state index in [2.05, 4.69) is 15.9 Å². The van der Waals surface area contributed by atoms with Crippen molar-refractivity contribution in [2.24, 2.45) is 5.92 Å². The van der Waals surface area contributed by atoms with Gasteiger partial charge in [0.2, 0.25) is 5.60 Å². The topological polar surface area (TPSA) is 38.8 Å². The summed E-state index contributed by atoms with van der Waals surface area (Å²) in [7, 11) is 1.37. The number of halogens is 2. The number of benzene rings is 1. The molecule has 0 aliphatic carbocycles. The maximum atomic E-state index is 12.1. The average molecular weight is 348 g/mol. The summed E-state index contributed by atoms with van der Waals surface area (Å²) >= 11 is 9.64. The number of esters is 1. The first kappa shape index (κ1) is 14.8. The van der Waals surface area contributed by atoms with Gasteiger partial charge in [-0.3, -0.25) is 0 Å². The molecule has 1 aromatic rings. The van der Waals surface area contributed by atoms with E-state index in [1.54, 1.807) is 6.07 Å². The highest BCUT2D eigenvalue weighted by atomic mass is 79.9. The molecule has 0 radical (unpaired) electrons. The van der Waals surface area contributed by atoms with Crippen LogP contribution in [0.25, 0.3) is 0 Å². The van der Waals surface area contributed by atoms with Gasteiger partial charge in [-0.1, -0.05) is 47.4 Å². The molecule has 1 aliphatic rings. The minimum absolute atomic E-state index is 0.00957. The molecule has 2 rings (SSSR count). The molecule has 0 aromatic heterocycles. The Morgan fingerprint density at radius 2 is 2.11 bits per heavy atom. The van der Waals surface area contributed by atoms with Crippen molar-refractivity contribution < 1.29 is 14.3 Å². The molecule has 0 amide bonds. The molecular formula is C14H16BrClO3. The number of hydrogen-bond acceptors (Lipinski definition) is 3. The highest BCUT2D eigenvalue weighted by molar-refractivity contribution is 9.10. The Balaban J connectivity index is 2.48. The average Bonchev–Trinajstić information content (AvgIpc) is 2.97. The van der Waals surface area contributed by atoms with Crippen LogP contribution >= 0.6 is 27.5 Å². The molecule has 104 valence electrons. The summed E-state index contributed by atoms with van der Waals surface area (Å²) in [6, 6.07) is 5.56. The maximum Gasteiger partial charge on any atom is 0.341 e. The van der Waals surface area contributed by atoms with E-state index in [0.717, 1.165) is 10.0 Å². The smallest absolute Gasteiger partial charge is 0.341 e. The van der Waals surface area contributed by atoms with Gasteiger partial charge in [0, 0.05) is 15.1 Å². The van der Waals surface area contributed by atoms with Gasteiger partial charge in [-0.25, -0.2) is 4.79 Å². The third-order valence-corrected chi connectivity index (χ3v) is 4.58. The third-order valence-electron chi connectivity index (χ3n) is 3.78. The zero-order chi connectivity index (χ0) is 14.4. The Morgan fingerprint density at radius 1 is 1.47 bits per heavy atom. The first-order valence-corrected chi connectivity index (χ1v) is 7.21. The van der Waals surface area contributed by atoms with E-state index < -0.39 is 11.2 Å². The van der Waals surface area contributed by atoms with Crippen molar-refractivity contribution in [1.29, 1.82) is 0 Å². The second-order valence-electron chi connectivity index (χ2n) is 5.14. The van der Waals surface area contributed by atoms with E-state index in [0.29, 0.717) is 5.02 Å². The lowest BCUT2D eigenvalue weighted by atomic mass is 9.80. The van der Waals surface area contributed by atoms with Gasteiger partial charge in [-0.15, -0.1) is 0 Å². The van der Waals surface area contributed by atoms with E-state index in [9.17, 15) is 4.79 Å². The zero-order valence-electron chi connectivity index (χ0n) is 11.3. The molecule has 1 aliphatic heterocycles. The Bertz CT molecular complexity index is 531. The first-order chi connectivity index (χ1) is 8.79. The lowest BCUT2D eigenvalue weighted by molar-refractivity contribution is -0.148. The predicted octanol–water partition coefficient (Wildman–Crippen LogP) is 3.92. The number of hydrogen-bond donors (Lipinski definition) is 0. The molecule has 1 fully saturated rings. The number of methoxy groups -OCH3 is 1. The van der Waals surface area contributed by atoms with Gasteiger partial charge >= 0.3 is 5.97 Å². The Labute approximate surface area is 126 Å². The molecule has 0 saturated carbocycles. The van der Waals surface area contributed by atoms with Crippen LogP contribution in [0.4, 0.5) is 0 Å². The molecular weight excluding hydrogens is 332 g/mol. The van der Waals surface area contributed by atoms with Crippen molar-refractivity contribution in [3.8, 4) is 0 Å². The van der Waals surface area contributed by atoms with Crippen LogP contribution in [0.15, 0.2) is 22.7 Å². The minimum atomic E-state index is -0.959.